The first-order valence-electron chi connectivity index (χ1n) is 7.64. The number of hydrogen-bond donors (Lipinski definition) is 1. The van der Waals surface area contributed by atoms with E-state index >= 15 is 0 Å². The highest BCUT2D eigenvalue weighted by molar-refractivity contribution is 9.10. The van der Waals surface area contributed by atoms with E-state index in [4.69, 9.17) is 9.47 Å². The molecule has 0 spiro atoms. The van der Waals surface area contributed by atoms with E-state index in [1.807, 2.05) is 58.2 Å². The summed E-state index contributed by atoms with van der Waals surface area (Å²) in [6.45, 7) is 6.12. The number of carbonyl (C=O) groups is 1. The van der Waals surface area contributed by atoms with Gasteiger partial charge >= 0.3 is 6.09 Å². The number of aryl methyl sites for hydroxylation is 1. The fourth-order valence-corrected chi connectivity index (χ4v) is 2.29. The van der Waals surface area contributed by atoms with E-state index in [2.05, 4.69) is 26.3 Å². The standard InChI is InChI=1S/C17H22BrN3O3/c1-17(2,3)24-16(22)19-9-10-23-15-11-14(21(4)20-15)12-5-7-13(18)8-6-12/h5-8,11H,9-10H2,1-4H3,(H,19,22). The first-order chi connectivity index (χ1) is 11.2. The van der Waals surface area contributed by atoms with E-state index < -0.39 is 11.7 Å². The Hall–Kier alpha value is -2.02. The molecular weight excluding hydrogens is 374 g/mol. The lowest BCUT2D eigenvalue weighted by Crippen LogP contribution is -2.34. The number of benzene rings is 1. The Morgan fingerprint density at radius 1 is 1.29 bits per heavy atom. The highest BCUT2D eigenvalue weighted by atomic mass is 79.9. The zero-order valence-electron chi connectivity index (χ0n) is 14.3. The number of carbonyl (C=O) groups excluding carboxylic acids is 1. The van der Waals surface area contributed by atoms with Crippen molar-refractivity contribution in [2.75, 3.05) is 13.2 Å². The summed E-state index contributed by atoms with van der Waals surface area (Å²) in [5, 5.41) is 6.97. The molecule has 130 valence electrons. The fraction of sp³-hybridized carbons (Fsp3) is 0.412. The van der Waals surface area contributed by atoms with Gasteiger partial charge in [0, 0.05) is 17.6 Å². The molecule has 0 aliphatic heterocycles. The summed E-state index contributed by atoms with van der Waals surface area (Å²) in [5.74, 6) is 0.515. The molecule has 1 aromatic carbocycles. The monoisotopic (exact) mass is 395 g/mol. The van der Waals surface area contributed by atoms with Gasteiger partial charge in [0.25, 0.3) is 0 Å². The lowest BCUT2D eigenvalue weighted by atomic mass is 10.1. The van der Waals surface area contributed by atoms with Crippen molar-refractivity contribution in [3.05, 3.63) is 34.8 Å². The van der Waals surface area contributed by atoms with Crippen LogP contribution in [0.2, 0.25) is 0 Å². The van der Waals surface area contributed by atoms with Crippen LogP contribution in [0, 0.1) is 0 Å². The highest BCUT2D eigenvalue weighted by Gasteiger charge is 2.15. The van der Waals surface area contributed by atoms with Gasteiger partial charge in [0.15, 0.2) is 0 Å². The molecule has 0 fully saturated rings. The second kappa shape index (κ2) is 7.70. The smallest absolute Gasteiger partial charge is 0.407 e. The third-order valence-electron chi connectivity index (χ3n) is 3.02. The van der Waals surface area contributed by atoms with Crippen molar-refractivity contribution in [1.29, 1.82) is 0 Å². The molecule has 0 unspecified atom stereocenters. The Kier molecular flexibility index (Phi) is 5.88. The number of aromatic nitrogens is 2. The van der Waals surface area contributed by atoms with Crippen LogP contribution < -0.4 is 10.1 Å². The van der Waals surface area contributed by atoms with Crippen molar-refractivity contribution < 1.29 is 14.3 Å². The van der Waals surface area contributed by atoms with Crippen LogP contribution in [-0.2, 0) is 11.8 Å². The van der Waals surface area contributed by atoms with Gasteiger partial charge in [0.05, 0.1) is 12.2 Å². The predicted molar refractivity (Wildman–Crippen MR) is 96.1 cm³/mol. The Balaban J connectivity index is 1.85. The van der Waals surface area contributed by atoms with Crippen LogP contribution in [0.1, 0.15) is 20.8 Å². The number of nitrogens with one attached hydrogen (secondary N) is 1. The second-order valence-electron chi connectivity index (χ2n) is 6.28. The third kappa shape index (κ3) is 5.56. The van der Waals surface area contributed by atoms with Gasteiger partial charge in [-0.05, 0) is 38.5 Å². The molecule has 24 heavy (non-hydrogen) atoms. The second-order valence-corrected chi connectivity index (χ2v) is 7.19. The molecule has 2 rings (SSSR count). The van der Waals surface area contributed by atoms with Crippen LogP contribution >= 0.6 is 15.9 Å². The summed E-state index contributed by atoms with van der Waals surface area (Å²) in [5.41, 5.74) is 1.50. The van der Waals surface area contributed by atoms with Gasteiger partial charge in [-0.25, -0.2) is 4.79 Å². The average molecular weight is 396 g/mol. The Morgan fingerprint density at radius 2 is 1.96 bits per heavy atom. The maximum absolute atomic E-state index is 11.5. The fourth-order valence-electron chi connectivity index (χ4n) is 2.03. The molecule has 0 saturated heterocycles. The molecule has 0 aliphatic rings. The summed E-state index contributed by atoms with van der Waals surface area (Å²) in [7, 11) is 1.86. The van der Waals surface area contributed by atoms with Gasteiger partial charge in [-0.15, -0.1) is 5.10 Å². The average Bonchev–Trinajstić information content (AvgIpc) is 2.84. The van der Waals surface area contributed by atoms with Gasteiger partial charge in [-0.3, -0.25) is 4.68 Å². The topological polar surface area (TPSA) is 65.4 Å². The zero-order valence-corrected chi connectivity index (χ0v) is 15.9. The number of alkyl carbamates (subject to hydrolysis) is 1. The summed E-state index contributed by atoms with van der Waals surface area (Å²) in [6, 6.07) is 9.85. The molecule has 7 heteroatoms. The molecule has 0 radical (unpaired) electrons. The lowest BCUT2D eigenvalue weighted by Gasteiger charge is -2.19. The van der Waals surface area contributed by atoms with Gasteiger partial charge in [-0.1, -0.05) is 28.1 Å². The van der Waals surface area contributed by atoms with Crippen molar-refractivity contribution in [2.45, 2.75) is 26.4 Å². The van der Waals surface area contributed by atoms with Gasteiger partial charge in [0.1, 0.15) is 12.2 Å². The maximum Gasteiger partial charge on any atom is 0.407 e. The van der Waals surface area contributed by atoms with E-state index in [1.54, 1.807) is 4.68 Å². The predicted octanol–water partition coefficient (Wildman–Crippen LogP) is 3.75. The summed E-state index contributed by atoms with van der Waals surface area (Å²) < 4.78 is 13.5. The van der Waals surface area contributed by atoms with Crippen LogP contribution in [0.25, 0.3) is 11.3 Å². The van der Waals surface area contributed by atoms with E-state index in [-0.39, 0.29) is 0 Å². The molecule has 1 N–H and O–H groups in total. The molecule has 2 aromatic rings. The van der Waals surface area contributed by atoms with Gasteiger partial charge in [-0.2, -0.15) is 0 Å². The summed E-state index contributed by atoms with van der Waals surface area (Å²) in [4.78, 5) is 11.5. The van der Waals surface area contributed by atoms with Crippen LogP contribution in [0.4, 0.5) is 4.79 Å². The van der Waals surface area contributed by atoms with Crippen LogP contribution in [-0.4, -0.2) is 34.6 Å². The molecule has 0 aliphatic carbocycles. The Labute approximate surface area is 150 Å². The van der Waals surface area contributed by atoms with E-state index in [1.165, 1.54) is 0 Å². The minimum Gasteiger partial charge on any atom is -0.475 e. The molecule has 6 nitrogen and oxygen atoms in total. The van der Waals surface area contributed by atoms with Crippen molar-refractivity contribution in [1.82, 2.24) is 15.1 Å². The molecular formula is C17H22BrN3O3. The van der Waals surface area contributed by atoms with Crippen molar-refractivity contribution in [3.8, 4) is 17.1 Å². The number of rotatable bonds is 5. The number of hydrogen-bond acceptors (Lipinski definition) is 4. The van der Waals surface area contributed by atoms with E-state index in [9.17, 15) is 4.79 Å². The number of nitrogens with zero attached hydrogens (tertiary/aromatic N) is 2. The van der Waals surface area contributed by atoms with Gasteiger partial charge in [0.2, 0.25) is 5.88 Å². The van der Waals surface area contributed by atoms with Crippen LogP contribution in [0.15, 0.2) is 34.8 Å². The third-order valence-corrected chi connectivity index (χ3v) is 3.55. The lowest BCUT2D eigenvalue weighted by molar-refractivity contribution is 0.0520. The van der Waals surface area contributed by atoms with Crippen molar-refractivity contribution in [3.63, 3.8) is 0 Å². The molecule has 1 aromatic heterocycles. The number of amides is 1. The van der Waals surface area contributed by atoms with Crippen molar-refractivity contribution >= 4 is 22.0 Å². The minimum atomic E-state index is -0.508. The molecule has 0 bridgehead atoms. The van der Waals surface area contributed by atoms with E-state index in [0.29, 0.717) is 19.0 Å². The normalized spacial score (nSPS) is 11.2. The first kappa shape index (κ1) is 18.3. The minimum absolute atomic E-state index is 0.316. The number of ether oxygens (including phenoxy) is 2. The summed E-state index contributed by atoms with van der Waals surface area (Å²) in [6.07, 6.45) is -0.456. The van der Waals surface area contributed by atoms with Gasteiger partial charge < -0.3 is 14.8 Å². The Morgan fingerprint density at radius 3 is 2.58 bits per heavy atom. The molecule has 0 saturated carbocycles. The van der Waals surface area contributed by atoms with E-state index in [0.717, 1.165) is 15.7 Å². The first-order valence-corrected chi connectivity index (χ1v) is 8.43. The quantitative estimate of drug-likeness (QED) is 0.782. The highest BCUT2D eigenvalue weighted by Crippen LogP contribution is 2.24. The summed E-state index contributed by atoms with van der Waals surface area (Å²) >= 11 is 3.42. The molecule has 1 heterocycles. The SMILES string of the molecule is Cn1nc(OCCNC(=O)OC(C)(C)C)cc1-c1ccc(Br)cc1. The van der Waals surface area contributed by atoms with Crippen molar-refractivity contribution in [2.24, 2.45) is 7.05 Å². The van der Waals surface area contributed by atoms with Crippen LogP contribution in [0.3, 0.4) is 0 Å². The number of halogens is 1. The zero-order chi connectivity index (χ0) is 17.7. The van der Waals surface area contributed by atoms with Crippen LogP contribution in [0.5, 0.6) is 5.88 Å². The Bertz CT molecular complexity index is 690. The maximum atomic E-state index is 11.5. The molecule has 0 atom stereocenters. The molecule has 1 amide bonds. The largest absolute Gasteiger partial charge is 0.475 e.